The molecular weight excluding hydrogens is 370 g/mol. The van der Waals surface area contributed by atoms with Gasteiger partial charge in [0.15, 0.2) is 0 Å². The highest BCUT2D eigenvalue weighted by atomic mass is 32.2. The number of hydrogen-bond donors (Lipinski definition) is 1. The highest BCUT2D eigenvalue weighted by Gasteiger charge is 2.19. The second-order valence-corrected chi connectivity index (χ2v) is 8.02. The summed E-state index contributed by atoms with van der Waals surface area (Å²) in [6.45, 7) is 0.573. The lowest BCUT2D eigenvalue weighted by Crippen LogP contribution is -2.14. The minimum absolute atomic E-state index is 0.249. The second-order valence-electron chi connectivity index (χ2n) is 6.37. The first-order valence-electron chi connectivity index (χ1n) is 8.85. The number of nitrogens with zero attached hydrogens (tertiary/aromatic N) is 2. The number of anilines is 1. The maximum atomic E-state index is 13.1. The van der Waals surface area contributed by atoms with Crippen LogP contribution in [-0.4, -0.2) is 18.2 Å². The van der Waals surface area contributed by atoms with Crippen LogP contribution in [0.1, 0.15) is 5.56 Å². The highest BCUT2D eigenvalue weighted by molar-refractivity contribution is 7.92. The molecule has 0 aliphatic carbocycles. The van der Waals surface area contributed by atoms with Gasteiger partial charge in [-0.2, -0.15) is 5.10 Å². The summed E-state index contributed by atoms with van der Waals surface area (Å²) in [5.41, 5.74) is 3.01. The number of aromatic nitrogens is 2. The molecule has 3 aromatic carbocycles. The molecule has 5 nitrogen and oxygen atoms in total. The van der Waals surface area contributed by atoms with Crippen LogP contribution < -0.4 is 4.72 Å². The molecular formula is C22H19N3O2S. The molecule has 140 valence electrons. The fraction of sp³-hybridized carbons (Fsp3) is 0.0455. The van der Waals surface area contributed by atoms with E-state index in [4.69, 9.17) is 0 Å². The van der Waals surface area contributed by atoms with Crippen LogP contribution >= 0.6 is 0 Å². The number of rotatable bonds is 6. The number of hydrogen-bond acceptors (Lipinski definition) is 3. The van der Waals surface area contributed by atoms with Gasteiger partial charge in [-0.3, -0.25) is 9.40 Å². The number of nitrogens with one attached hydrogen (secondary N) is 1. The van der Waals surface area contributed by atoms with E-state index in [1.54, 1.807) is 29.1 Å². The third kappa shape index (κ3) is 3.97. The molecule has 6 heteroatoms. The van der Waals surface area contributed by atoms with Gasteiger partial charge in [0, 0.05) is 23.6 Å². The van der Waals surface area contributed by atoms with E-state index in [0.717, 1.165) is 11.1 Å². The Morgan fingerprint density at radius 3 is 2.43 bits per heavy atom. The third-order valence-electron chi connectivity index (χ3n) is 4.34. The van der Waals surface area contributed by atoms with Crippen molar-refractivity contribution >= 4 is 15.7 Å². The molecule has 4 rings (SSSR count). The zero-order chi connectivity index (χ0) is 19.4. The van der Waals surface area contributed by atoms with E-state index >= 15 is 0 Å². The van der Waals surface area contributed by atoms with E-state index in [1.165, 1.54) is 0 Å². The molecule has 0 aliphatic heterocycles. The van der Waals surface area contributed by atoms with Gasteiger partial charge < -0.3 is 0 Å². The van der Waals surface area contributed by atoms with Gasteiger partial charge in [-0.25, -0.2) is 8.42 Å². The predicted octanol–water partition coefficient (Wildman–Crippen LogP) is 4.40. The van der Waals surface area contributed by atoms with Crippen molar-refractivity contribution in [3.8, 4) is 11.1 Å². The summed E-state index contributed by atoms with van der Waals surface area (Å²) in [7, 11) is -3.74. The van der Waals surface area contributed by atoms with Crippen LogP contribution in [0.2, 0.25) is 0 Å². The quantitative estimate of drug-likeness (QED) is 0.532. The minimum Gasteiger partial charge on any atom is -0.280 e. The Kier molecular flexibility index (Phi) is 4.95. The van der Waals surface area contributed by atoms with Gasteiger partial charge >= 0.3 is 0 Å². The molecule has 0 amide bonds. The Labute approximate surface area is 164 Å². The molecule has 0 atom stereocenters. The lowest BCUT2D eigenvalue weighted by molar-refractivity contribution is 0.601. The third-order valence-corrected chi connectivity index (χ3v) is 5.78. The topological polar surface area (TPSA) is 64.0 Å². The van der Waals surface area contributed by atoms with E-state index < -0.39 is 10.0 Å². The molecule has 0 fully saturated rings. The van der Waals surface area contributed by atoms with Crippen molar-refractivity contribution in [3.63, 3.8) is 0 Å². The van der Waals surface area contributed by atoms with Crippen molar-refractivity contribution in [1.29, 1.82) is 0 Å². The average molecular weight is 389 g/mol. The first-order valence-corrected chi connectivity index (χ1v) is 10.3. The van der Waals surface area contributed by atoms with Crippen LogP contribution in [0.4, 0.5) is 5.69 Å². The molecule has 0 radical (unpaired) electrons. The van der Waals surface area contributed by atoms with Gasteiger partial charge in [-0.05, 0) is 35.4 Å². The molecule has 0 bridgehead atoms. The maximum absolute atomic E-state index is 13.1. The van der Waals surface area contributed by atoms with E-state index in [9.17, 15) is 8.42 Å². The standard InChI is InChI=1S/C22H19N3O2S/c26-28(27,22-13-5-4-12-21(22)19-9-2-1-3-10-19)24-20-11-6-8-18(16-20)17-25-15-7-14-23-25/h1-16,24H,17H2. The molecule has 0 aliphatic rings. The summed E-state index contributed by atoms with van der Waals surface area (Å²) < 4.78 is 30.7. The fourth-order valence-corrected chi connectivity index (χ4v) is 4.36. The van der Waals surface area contributed by atoms with Crippen molar-refractivity contribution in [3.05, 3.63) is 103 Å². The fourth-order valence-electron chi connectivity index (χ4n) is 3.08. The van der Waals surface area contributed by atoms with E-state index in [0.29, 0.717) is 17.8 Å². The van der Waals surface area contributed by atoms with Crippen molar-refractivity contribution in [2.24, 2.45) is 0 Å². The van der Waals surface area contributed by atoms with Gasteiger partial charge in [0.05, 0.1) is 11.4 Å². The van der Waals surface area contributed by atoms with Gasteiger partial charge in [0.1, 0.15) is 0 Å². The smallest absolute Gasteiger partial charge is 0.262 e. The molecule has 4 aromatic rings. The Hall–Kier alpha value is -3.38. The SMILES string of the molecule is O=S(=O)(Nc1cccc(Cn2cccn2)c1)c1ccccc1-c1ccccc1. The lowest BCUT2D eigenvalue weighted by Gasteiger charge is -2.13. The second kappa shape index (κ2) is 7.70. The predicted molar refractivity (Wildman–Crippen MR) is 110 cm³/mol. The molecule has 1 heterocycles. The first-order chi connectivity index (χ1) is 13.6. The Morgan fingerprint density at radius 1 is 0.857 bits per heavy atom. The van der Waals surface area contributed by atoms with Crippen molar-refractivity contribution < 1.29 is 8.42 Å². The Bertz CT molecular complexity index is 1170. The molecule has 1 aromatic heterocycles. The van der Waals surface area contributed by atoms with E-state index in [1.807, 2.05) is 72.9 Å². The van der Waals surface area contributed by atoms with Gasteiger partial charge in [0.2, 0.25) is 0 Å². The van der Waals surface area contributed by atoms with Crippen molar-refractivity contribution in [1.82, 2.24) is 9.78 Å². The van der Waals surface area contributed by atoms with Crippen molar-refractivity contribution in [2.45, 2.75) is 11.4 Å². The zero-order valence-electron chi connectivity index (χ0n) is 15.1. The summed E-state index contributed by atoms with van der Waals surface area (Å²) in [6, 6.07) is 25.7. The van der Waals surface area contributed by atoms with Crippen molar-refractivity contribution in [2.75, 3.05) is 4.72 Å². The monoisotopic (exact) mass is 389 g/mol. The summed E-state index contributed by atoms with van der Waals surface area (Å²) in [6.07, 6.45) is 3.58. The van der Waals surface area contributed by atoms with Gasteiger partial charge in [0.25, 0.3) is 10.0 Å². The van der Waals surface area contributed by atoms with Crippen LogP contribution in [0.15, 0.2) is 102 Å². The van der Waals surface area contributed by atoms with Crippen LogP contribution in [0.25, 0.3) is 11.1 Å². The maximum Gasteiger partial charge on any atom is 0.262 e. The normalized spacial score (nSPS) is 11.3. The zero-order valence-corrected chi connectivity index (χ0v) is 15.9. The molecule has 1 N–H and O–H groups in total. The molecule has 0 unspecified atom stereocenters. The first kappa shape index (κ1) is 18.0. The summed E-state index contributed by atoms with van der Waals surface area (Å²) in [5, 5.41) is 4.19. The lowest BCUT2D eigenvalue weighted by atomic mass is 10.1. The van der Waals surface area contributed by atoms with Crippen LogP contribution in [0, 0.1) is 0 Å². The van der Waals surface area contributed by atoms with E-state index in [2.05, 4.69) is 9.82 Å². The number of benzene rings is 3. The van der Waals surface area contributed by atoms with Crippen LogP contribution in [0.5, 0.6) is 0 Å². The van der Waals surface area contributed by atoms with E-state index in [-0.39, 0.29) is 4.90 Å². The molecule has 28 heavy (non-hydrogen) atoms. The molecule has 0 saturated carbocycles. The minimum atomic E-state index is -3.74. The Balaban J connectivity index is 1.64. The van der Waals surface area contributed by atoms with Gasteiger partial charge in [-0.15, -0.1) is 0 Å². The summed E-state index contributed by atoms with van der Waals surface area (Å²) >= 11 is 0. The average Bonchev–Trinajstić information content (AvgIpc) is 3.22. The van der Waals surface area contributed by atoms with Gasteiger partial charge in [-0.1, -0.05) is 60.7 Å². The molecule has 0 saturated heterocycles. The summed E-state index contributed by atoms with van der Waals surface area (Å²) in [5.74, 6) is 0. The highest BCUT2D eigenvalue weighted by Crippen LogP contribution is 2.28. The molecule has 0 spiro atoms. The van der Waals surface area contributed by atoms with Crippen LogP contribution in [0.3, 0.4) is 0 Å². The van der Waals surface area contributed by atoms with Crippen LogP contribution in [-0.2, 0) is 16.6 Å². The number of sulfonamides is 1. The Morgan fingerprint density at radius 2 is 1.64 bits per heavy atom. The summed E-state index contributed by atoms with van der Waals surface area (Å²) in [4.78, 5) is 0.249. The largest absolute Gasteiger partial charge is 0.280 e.